The van der Waals surface area contributed by atoms with Crippen LogP contribution in [0.15, 0.2) is 54.6 Å². The predicted octanol–water partition coefficient (Wildman–Crippen LogP) is 2.48. The zero-order valence-corrected chi connectivity index (χ0v) is 14.5. The molecule has 0 aliphatic carbocycles. The average Bonchev–Trinajstić information content (AvgIpc) is 2.57. The lowest BCUT2D eigenvalue weighted by molar-refractivity contribution is 0.207. The van der Waals surface area contributed by atoms with Gasteiger partial charge in [0, 0.05) is 42.4 Å². The van der Waals surface area contributed by atoms with Crippen LogP contribution in [0.5, 0.6) is 5.75 Å². The van der Waals surface area contributed by atoms with Crippen molar-refractivity contribution in [1.29, 1.82) is 0 Å². The summed E-state index contributed by atoms with van der Waals surface area (Å²) in [5.41, 5.74) is 1.96. The second-order valence-corrected chi connectivity index (χ2v) is 7.10. The summed E-state index contributed by atoms with van der Waals surface area (Å²) >= 11 is 0. The maximum Gasteiger partial charge on any atom is 0.317 e. The van der Waals surface area contributed by atoms with E-state index in [0.717, 1.165) is 11.1 Å². The van der Waals surface area contributed by atoms with Crippen LogP contribution in [-0.2, 0) is 23.1 Å². The van der Waals surface area contributed by atoms with Gasteiger partial charge in [-0.1, -0.05) is 42.5 Å². The van der Waals surface area contributed by atoms with Crippen LogP contribution in [0.25, 0.3) is 0 Å². The van der Waals surface area contributed by atoms with E-state index in [1.54, 1.807) is 36.2 Å². The molecule has 24 heavy (non-hydrogen) atoms. The number of carbonyl (C=O) groups is 1. The third-order valence-corrected chi connectivity index (χ3v) is 4.79. The fourth-order valence-corrected chi connectivity index (χ4v) is 3.22. The van der Waals surface area contributed by atoms with Crippen LogP contribution in [-0.4, -0.2) is 39.6 Å². The molecule has 0 aliphatic heterocycles. The van der Waals surface area contributed by atoms with Crippen molar-refractivity contribution >= 4 is 16.8 Å². The number of rotatable bonds is 7. The van der Waals surface area contributed by atoms with Crippen LogP contribution in [0, 0.1) is 0 Å². The number of nitrogens with one attached hydrogen (secondary N) is 1. The van der Waals surface area contributed by atoms with Crippen molar-refractivity contribution in [3.8, 4) is 5.75 Å². The molecule has 2 aromatic rings. The highest BCUT2D eigenvalue weighted by molar-refractivity contribution is 7.84. The van der Waals surface area contributed by atoms with Crippen molar-refractivity contribution in [2.45, 2.75) is 12.3 Å². The van der Waals surface area contributed by atoms with Gasteiger partial charge in [-0.15, -0.1) is 0 Å². The minimum atomic E-state index is -1.00. The first-order chi connectivity index (χ1) is 11.5. The lowest BCUT2D eigenvalue weighted by Gasteiger charge is -2.18. The summed E-state index contributed by atoms with van der Waals surface area (Å²) in [6, 6.07) is 16.2. The number of phenols is 1. The van der Waals surface area contributed by atoms with E-state index in [0.29, 0.717) is 24.6 Å². The molecule has 2 N–H and O–H groups in total. The molecule has 1 atom stereocenters. The number of amides is 2. The molecule has 0 unspecified atom stereocenters. The molecule has 0 aliphatic rings. The Balaban J connectivity index is 1.70. The summed E-state index contributed by atoms with van der Waals surface area (Å²) in [4.78, 5) is 13.6. The summed E-state index contributed by atoms with van der Waals surface area (Å²) in [5, 5.41) is 12.0. The third-order valence-electron chi connectivity index (χ3n) is 3.48. The summed E-state index contributed by atoms with van der Waals surface area (Å²) < 4.78 is 12.0. The number of phenolic OH excluding ortho intramolecular Hbond substituents is 1. The third kappa shape index (κ3) is 6.04. The first-order valence-corrected chi connectivity index (χ1v) is 9.19. The molecule has 2 amide bonds. The van der Waals surface area contributed by atoms with E-state index >= 15 is 0 Å². The summed E-state index contributed by atoms with van der Waals surface area (Å²) in [7, 11) is 0.695. The Morgan fingerprint density at radius 1 is 1.08 bits per heavy atom. The smallest absolute Gasteiger partial charge is 0.317 e. The summed E-state index contributed by atoms with van der Waals surface area (Å²) in [6.45, 7) is 0.817. The molecule has 0 spiro atoms. The fourth-order valence-electron chi connectivity index (χ4n) is 2.19. The zero-order chi connectivity index (χ0) is 17.4. The number of nitrogens with zero attached hydrogens (tertiary/aromatic N) is 1. The lowest BCUT2D eigenvalue weighted by Crippen LogP contribution is -2.38. The largest absolute Gasteiger partial charge is 0.508 e. The fraction of sp³-hybridized carbons (Fsp3) is 0.278. The lowest BCUT2D eigenvalue weighted by atomic mass is 10.2. The van der Waals surface area contributed by atoms with Gasteiger partial charge in [0.1, 0.15) is 5.75 Å². The maximum atomic E-state index is 12.0. The van der Waals surface area contributed by atoms with Crippen molar-refractivity contribution < 1.29 is 14.1 Å². The van der Waals surface area contributed by atoms with Crippen molar-refractivity contribution in [2.75, 3.05) is 19.3 Å². The Morgan fingerprint density at radius 3 is 2.42 bits per heavy atom. The maximum absolute atomic E-state index is 12.0. The molecule has 2 aromatic carbocycles. The van der Waals surface area contributed by atoms with Crippen LogP contribution in [0.4, 0.5) is 4.79 Å². The highest BCUT2D eigenvalue weighted by Gasteiger charge is 2.09. The molecule has 0 radical (unpaired) electrons. The molecule has 0 aromatic heterocycles. The van der Waals surface area contributed by atoms with Crippen molar-refractivity contribution in [3.63, 3.8) is 0 Å². The van der Waals surface area contributed by atoms with Crippen LogP contribution < -0.4 is 5.32 Å². The molecule has 0 heterocycles. The Hall–Kier alpha value is -2.34. The van der Waals surface area contributed by atoms with E-state index in [-0.39, 0.29) is 11.8 Å². The molecule has 0 bridgehead atoms. The summed E-state index contributed by atoms with van der Waals surface area (Å²) in [6.07, 6.45) is 0. The van der Waals surface area contributed by atoms with Crippen LogP contribution in [0.3, 0.4) is 0 Å². The number of benzene rings is 2. The molecule has 2 rings (SSSR count). The van der Waals surface area contributed by atoms with Gasteiger partial charge >= 0.3 is 6.03 Å². The van der Waals surface area contributed by atoms with Crippen LogP contribution >= 0.6 is 0 Å². The molecule has 0 fully saturated rings. The van der Waals surface area contributed by atoms with E-state index in [9.17, 15) is 14.1 Å². The van der Waals surface area contributed by atoms with Crippen molar-refractivity contribution in [3.05, 3.63) is 65.7 Å². The molecule has 0 saturated heterocycles. The monoisotopic (exact) mass is 346 g/mol. The second kappa shape index (κ2) is 9.08. The first-order valence-electron chi connectivity index (χ1n) is 7.70. The molecule has 6 heteroatoms. The molecular weight excluding hydrogens is 324 g/mol. The van der Waals surface area contributed by atoms with Gasteiger partial charge in [-0.05, 0) is 23.3 Å². The molecule has 0 saturated carbocycles. The van der Waals surface area contributed by atoms with E-state index in [4.69, 9.17) is 0 Å². The minimum absolute atomic E-state index is 0.201. The van der Waals surface area contributed by atoms with E-state index in [1.165, 1.54) is 0 Å². The quantitative estimate of drug-likeness (QED) is 0.809. The van der Waals surface area contributed by atoms with Crippen molar-refractivity contribution in [2.24, 2.45) is 0 Å². The van der Waals surface area contributed by atoms with Crippen LogP contribution in [0.1, 0.15) is 11.1 Å². The average molecular weight is 346 g/mol. The number of urea groups is 1. The normalized spacial score (nSPS) is 11.7. The van der Waals surface area contributed by atoms with Gasteiger partial charge in [0.2, 0.25) is 0 Å². The highest BCUT2D eigenvalue weighted by atomic mass is 32.2. The summed E-state index contributed by atoms with van der Waals surface area (Å²) in [5.74, 6) is 1.13. The van der Waals surface area contributed by atoms with Gasteiger partial charge < -0.3 is 15.3 Å². The van der Waals surface area contributed by atoms with Gasteiger partial charge in [0.25, 0.3) is 0 Å². The molecule has 128 valence electrons. The number of aromatic hydroxyl groups is 1. The zero-order valence-electron chi connectivity index (χ0n) is 13.6. The Kier molecular flexibility index (Phi) is 6.81. The Bertz CT molecular complexity index is 674. The number of hydrogen-bond donors (Lipinski definition) is 2. The standard InChI is InChI=1S/C18H22N2O3S/c1-20(13-15-7-9-17(21)10-8-15)18(22)19-11-12-24(23)14-16-5-3-2-4-6-16/h2-10,21H,11-14H2,1H3,(H,19,22)/t24-/m1/s1. The van der Waals surface area contributed by atoms with Gasteiger partial charge in [0.05, 0.1) is 0 Å². The highest BCUT2D eigenvalue weighted by Crippen LogP contribution is 2.11. The minimum Gasteiger partial charge on any atom is -0.508 e. The van der Waals surface area contributed by atoms with E-state index in [1.807, 2.05) is 30.3 Å². The topological polar surface area (TPSA) is 69.6 Å². The second-order valence-electron chi connectivity index (χ2n) is 5.53. The van der Waals surface area contributed by atoms with Gasteiger partial charge in [0.15, 0.2) is 0 Å². The van der Waals surface area contributed by atoms with Crippen LogP contribution in [0.2, 0.25) is 0 Å². The molecule has 5 nitrogen and oxygen atoms in total. The predicted molar refractivity (Wildman–Crippen MR) is 96.1 cm³/mol. The Labute approximate surface area is 144 Å². The number of hydrogen-bond acceptors (Lipinski definition) is 3. The number of carbonyl (C=O) groups excluding carboxylic acids is 1. The van der Waals surface area contributed by atoms with Gasteiger partial charge in [-0.2, -0.15) is 0 Å². The van der Waals surface area contributed by atoms with Crippen molar-refractivity contribution in [1.82, 2.24) is 10.2 Å². The SMILES string of the molecule is CN(Cc1ccc(O)cc1)C(=O)NCC[S@@](=O)Cc1ccccc1. The van der Waals surface area contributed by atoms with E-state index < -0.39 is 10.8 Å². The van der Waals surface area contributed by atoms with Gasteiger partial charge in [-0.25, -0.2) is 4.79 Å². The molecular formula is C18H22N2O3S. The first kappa shape index (κ1) is 18.0. The van der Waals surface area contributed by atoms with E-state index in [2.05, 4.69) is 5.32 Å². The van der Waals surface area contributed by atoms with Gasteiger partial charge in [-0.3, -0.25) is 4.21 Å². The Morgan fingerprint density at radius 2 is 1.75 bits per heavy atom.